The van der Waals surface area contributed by atoms with E-state index in [0.717, 1.165) is 17.9 Å². The molecule has 1 aliphatic rings. The van der Waals surface area contributed by atoms with Crippen molar-refractivity contribution in [1.82, 2.24) is 10.3 Å². The Labute approximate surface area is 122 Å². The first-order valence-electron chi connectivity index (χ1n) is 6.66. The van der Waals surface area contributed by atoms with Crippen LogP contribution in [0.1, 0.15) is 40.0 Å². The van der Waals surface area contributed by atoms with Crippen LogP contribution in [0.15, 0.2) is 24.3 Å². The molecular weight excluding hydrogens is 276 g/mol. The minimum Gasteiger partial charge on any atom is -0.312 e. The molecule has 1 unspecified atom stereocenters. The van der Waals surface area contributed by atoms with E-state index in [1.807, 2.05) is 36.6 Å². The molecule has 3 rings (SSSR count). The first-order valence-corrected chi connectivity index (χ1v) is 7.86. The molecule has 0 saturated carbocycles. The highest BCUT2D eigenvalue weighted by atomic mass is 35.5. The SMILES string of the molecule is CNC1CCCc2nc(Cc3cccc(Cl)c3)sc21. The predicted molar refractivity (Wildman–Crippen MR) is 81.1 cm³/mol. The van der Waals surface area contributed by atoms with Crippen LogP contribution in [0.5, 0.6) is 0 Å². The monoisotopic (exact) mass is 292 g/mol. The molecule has 0 radical (unpaired) electrons. The second-order valence-electron chi connectivity index (χ2n) is 4.96. The van der Waals surface area contributed by atoms with Crippen LogP contribution in [0.25, 0.3) is 0 Å². The first-order chi connectivity index (χ1) is 9.26. The Balaban J connectivity index is 1.85. The summed E-state index contributed by atoms with van der Waals surface area (Å²) < 4.78 is 0. The number of aromatic nitrogens is 1. The summed E-state index contributed by atoms with van der Waals surface area (Å²) in [6.45, 7) is 0. The van der Waals surface area contributed by atoms with Crippen molar-refractivity contribution in [2.24, 2.45) is 0 Å². The van der Waals surface area contributed by atoms with E-state index in [2.05, 4.69) is 11.4 Å². The lowest BCUT2D eigenvalue weighted by atomic mass is 9.98. The summed E-state index contributed by atoms with van der Waals surface area (Å²) in [5.74, 6) is 0. The molecule has 1 aromatic heterocycles. The van der Waals surface area contributed by atoms with E-state index in [1.54, 1.807) is 0 Å². The van der Waals surface area contributed by atoms with Gasteiger partial charge in [-0.1, -0.05) is 23.7 Å². The van der Waals surface area contributed by atoms with Gasteiger partial charge in [0.2, 0.25) is 0 Å². The molecule has 1 aromatic carbocycles. The van der Waals surface area contributed by atoms with Gasteiger partial charge in [0, 0.05) is 22.4 Å². The van der Waals surface area contributed by atoms with Gasteiger partial charge < -0.3 is 5.32 Å². The number of nitrogens with zero attached hydrogens (tertiary/aromatic N) is 1. The number of nitrogens with one attached hydrogen (secondary N) is 1. The Morgan fingerprint density at radius 2 is 2.37 bits per heavy atom. The molecule has 100 valence electrons. The Hall–Kier alpha value is -0.900. The Bertz CT molecular complexity index is 579. The molecule has 2 nitrogen and oxygen atoms in total. The van der Waals surface area contributed by atoms with E-state index in [1.165, 1.54) is 34.0 Å². The smallest absolute Gasteiger partial charge is 0.0975 e. The molecule has 0 spiro atoms. The zero-order valence-electron chi connectivity index (χ0n) is 10.9. The quantitative estimate of drug-likeness (QED) is 0.925. The molecule has 4 heteroatoms. The fraction of sp³-hybridized carbons (Fsp3) is 0.400. The van der Waals surface area contributed by atoms with Crippen LogP contribution in [0.2, 0.25) is 5.02 Å². The van der Waals surface area contributed by atoms with Gasteiger partial charge in [-0.3, -0.25) is 0 Å². The van der Waals surface area contributed by atoms with Crippen LogP contribution in [-0.4, -0.2) is 12.0 Å². The average molecular weight is 293 g/mol. The lowest BCUT2D eigenvalue weighted by Crippen LogP contribution is -2.19. The van der Waals surface area contributed by atoms with Gasteiger partial charge in [0.15, 0.2) is 0 Å². The van der Waals surface area contributed by atoms with Crippen LogP contribution in [-0.2, 0) is 12.8 Å². The van der Waals surface area contributed by atoms with Crippen LogP contribution in [0, 0.1) is 0 Å². The molecule has 0 amide bonds. The minimum absolute atomic E-state index is 0.495. The van der Waals surface area contributed by atoms with Gasteiger partial charge in [0.25, 0.3) is 0 Å². The van der Waals surface area contributed by atoms with Crippen LogP contribution < -0.4 is 5.32 Å². The number of fused-ring (bicyclic) bond motifs is 1. The molecule has 2 aromatic rings. The average Bonchev–Trinajstić information content (AvgIpc) is 2.80. The lowest BCUT2D eigenvalue weighted by molar-refractivity contribution is 0.501. The summed E-state index contributed by atoms with van der Waals surface area (Å²) in [6.07, 6.45) is 4.47. The summed E-state index contributed by atoms with van der Waals surface area (Å²) >= 11 is 7.88. The van der Waals surface area contributed by atoms with E-state index < -0.39 is 0 Å². The zero-order valence-corrected chi connectivity index (χ0v) is 12.5. The van der Waals surface area contributed by atoms with E-state index >= 15 is 0 Å². The van der Waals surface area contributed by atoms with Crippen molar-refractivity contribution >= 4 is 22.9 Å². The summed E-state index contributed by atoms with van der Waals surface area (Å²) in [7, 11) is 2.04. The van der Waals surface area contributed by atoms with Gasteiger partial charge in [-0.05, 0) is 44.0 Å². The second kappa shape index (κ2) is 5.61. The largest absolute Gasteiger partial charge is 0.312 e. The topological polar surface area (TPSA) is 24.9 Å². The van der Waals surface area contributed by atoms with Gasteiger partial charge in [0.1, 0.15) is 0 Å². The number of benzene rings is 1. The van der Waals surface area contributed by atoms with Crippen molar-refractivity contribution in [2.45, 2.75) is 31.7 Å². The first kappa shape index (κ1) is 13.1. The van der Waals surface area contributed by atoms with Crippen LogP contribution in [0.3, 0.4) is 0 Å². The minimum atomic E-state index is 0.495. The highest BCUT2D eigenvalue weighted by Gasteiger charge is 2.23. The highest BCUT2D eigenvalue weighted by molar-refractivity contribution is 7.11. The van der Waals surface area contributed by atoms with Crippen molar-refractivity contribution in [3.05, 3.63) is 50.4 Å². The zero-order chi connectivity index (χ0) is 13.2. The molecular formula is C15H17ClN2S. The summed E-state index contributed by atoms with van der Waals surface area (Å²) in [6, 6.07) is 8.55. The third kappa shape index (κ3) is 2.83. The number of thiazole rings is 1. The Morgan fingerprint density at radius 1 is 1.47 bits per heavy atom. The molecule has 0 aliphatic heterocycles. The number of hydrogen-bond acceptors (Lipinski definition) is 3. The van der Waals surface area contributed by atoms with Gasteiger partial charge in [-0.2, -0.15) is 0 Å². The van der Waals surface area contributed by atoms with E-state index in [0.29, 0.717) is 6.04 Å². The van der Waals surface area contributed by atoms with Crippen molar-refractivity contribution in [3.63, 3.8) is 0 Å². The predicted octanol–water partition coefficient (Wildman–Crippen LogP) is 3.98. The summed E-state index contributed by atoms with van der Waals surface area (Å²) in [4.78, 5) is 6.25. The van der Waals surface area contributed by atoms with Crippen molar-refractivity contribution in [3.8, 4) is 0 Å². The molecule has 0 fully saturated rings. The fourth-order valence-corrected chi connectivity index (χ4v) is 4.15. The number of aryl methyl sites for hydroxylation is 1. The van der Waals surface area contributed by atoms with Gasteiger partial charge in [-0.25, -0.2) is 4.98 Å². The van der Waals surface area contributed by atoms with Crippen molar-refractivity contribution < 1.29 is 0 Å². The van der Waals surface area contributed by atoms with Gasteiger partial charge in [-0.15, -0.1) is 11.3 Å². The van der Waals surface area contributed by atoms with Gasteiger partial charge >= 0.3 is 0 Å². The maximum atomic E-state index is 6.03. The molecule has 1 aliphatic carbocycles. The van der Waals surface area contributed by atoms with E-state index in [-0.39, 0.29) is 0 Å². The summed E-state index contributed by atoms with van der Waals surface area (Å²) in [5.41, 5.74) is 2.53. The highest BCUT2D eigenvalue weighted by Crippen LogP contribution is 2.34. The standard InChI is InChI=1S/C15H17ClN2S/c1-17-12-6-3-7-13-15(12)19-14(18-13)9-10-4-2-5-11(16)8-10/h2,4-5,8,12,17H,3,6-7,9H2,1H3. The van der Waals surface area contributed by atoms with E-state index in [9.17, 15) is 0 Å². The second-order valence-corrected chi connectivity index (χ2v) is 6.51. The van der Waals surface area contributed by atoms with Crippen molar-refractivity contribution in [2.75, 3.05) is 7.05 Å². The Kier molecular flexibility index (Phi) is 3.87. The number of rotatable bonds is 3. The third-order valence-corrected chi connectivity index (χ3v) is 5.03. The fourth-order valence-electron chi connectivity index (χ4n) is 2.64. The molecule has 19 heavy (non-hydrogen) atoms. The lowest BCUT2D eigenvalue weighted by Gasteiger charge is -2.20. The third-order valence-electron chi connectivity index (χ3n) is 3.59. The van der Waals surface area contributed by atoms with Gasteiger partial charge in [0.05, 0.1) is 10.7 Å². The maximum absolute atomic E-state index is 6.03. The molecule has 0 saturated heterocycles. The number of hydrogen-bond donors (Lipinski definition) is 1. The maximum Gasteiger partial charge on any atom is 0.0975 e. The van der Waals surface area contributed by atoms with Crippen LogP contribution in [0.4, 0.5) is 0 Å². The normalized spacial score (nSPS) is 18.3. The molecule has 1 N–H and O–H groups in total. The van der Waals surface area contributed by atoms with Crippen molar-refractivity contribution in [1.29, 1.82) is 0 Å². The Morgan fingerprint density at radius 3 is 3.16 bits per heavy atom. The number of halogens is 1. The summed E-state index contributed by atoms with van der Waals surface area (Å²) in [5, 5.41) is 5.40. The van der Waals surface area contributed by atoms with Crippen LogP contribution >= 0.6 is 22.9 Å². The molecule has 0 bridgehead atoms. The van der Waals surface area contributed by atoms with E-state index in [4.69, 9.17) is 16.6 Å². The molecule has 1 atom stereocenters. The molecule has 1 heterocycles.